The smallest absolute Gasteiger partial charge is 0.0549 e. The van der Waals surface area contributed by atoms with Gasteiger partial charge < -0.3 is 15.3 Å². The van der Waals surface area contributed by atoms with Crippen LogP contribution in [0, 0.1) is 11.8 Å². The van der Waals surface area contributed by atoms with Gasteiger partial charge in [-0.15, -0.1) is 0 Å². The van der Waals surface area contributed by atoms with E-state index in [1.807, 2.05) is 0 Å². The Morgan fingerprint density at radius 3 is 2.37 bits per heavy atom. The number of fused-ring (bicyclic) bond motifs is 2. The lowest BCUT2D eigenvalue weighted by atomic mass is 9.73. The van der Waals surface area contributed by atoms with Crippen molar-refractivity contribution in [2.24, 2.45) is 11.8 Å². The van der Waals surface area contributed by atoms with Crippen LogP contribution in [0.2, 0.25) is 0 Å². The monoisotopic (exact) mass is 268 g/mol. The highest BCUT2D eigenvalue weighted by molar-refractivity contribution is 4.95. The number of aliphatic hydroxyl groups excluding tert-OH is 1. The normalized spacial score (nSPS) is 33.6. The summed E-state index contributed by atoms with van der Waals surface area (Å²) in [5, 5.41) is 13.4. The first-order valence-electron chi connectivity index (χ1n) is 8.27. The van der Waals surface area contributed by atoms with E-state index in [1.54, 1.807) is 0 Å². The van der Waals surface area contributed by atoms with Gasteiger partial charge in [-0.2, -0.15) is 0 Å². The maximum atomic E-state index is 9.66. The number of nitrogens with one attached hydrogen (secondary N) is 1. The molecular weight excluding hydrogens is 236 g/mol. The van der Waals surface area contributed by atoms with Crippen molar-refractivity contribution < 1.29 is 5.11 Å². The molecule has 3 atom stereocenters. The molecule has 1 aliphatic heterocycles. The molecule has 112 valence electrons. The summed E-state index contributed by atoms with van der Waals surface area (Å²) >= 11 is 0. The third kappa shape index (κ3) is 3.93. The number of piperidine rings is 1. The van der Waals surface area contributed by atoms with Gasteiger partial charge in [0.15, 0.2) is 0 Å². The molecule has 2 N–H and O–H groups in total. The average molecular weight is 268 g/mol. The minimum Gasteiger partial charge on any atom is -0.393 e. The van der Waals surface area contributed by atoms with Crippen LogP contribution >= 0.6 is 0 Å². The van der Waals surface area contributed by atoms with E-state index in [0.717, 1.165) is 31.2 Å². The molecule has 1 heterocycles. The maximum Gasteiger partial charge on any atom is 0.0549 e. The molecule has 0 aromatic carbocycles. The molecule has 1 saturated carbocycles. The Morgan fingerprint density at radius 1 is 1.21 bits per heavy atom. The predicted octanol–water partition coefficient (Wildman–Crippen LogP) is 2.25. The number of hydrogen-bond acceptors (Lipinski definition) is 3. The van der Waals surface area contributed by atoms with Crippen LogP contribution in [-0.2, 0) is 0 Å². The second-order valence-electron chi connectivity index (χ2n) is 6.83. The zero-order valence-corrected chi connectivity index (χ0v) is 12.9. The number of likely N-dealkylation sites (tertiary alicyclic amines) is 1. The van der Waals surface area contributed by atoms with Crippen LogP contribution < -0.4 is 5.32 Å². The lowest BCUT2D eigenvalue weighted by Crippen LogP contribution is -2.58. The van der Waals surface area contributed by atoms with E-state index in [0.29, 0.717) is 12.1 Å². The third-order valence-electron chi connectivity index (χ3n) is 5.16. The summed E-state index contributed by atoms with van der Waals surface area (Å²) in [5.74, 6) is 1.65. The Kier molecular flexibility index (Phi) is 5.67. The van der Waals surface area contributed by atoms with Crippen molar-refractivity contribution in [3.05, 3.63) is 0 Å². The molecule has 0 spiro atoms. The van der Waals surface area contributed by atoms with E-state index >= 15 is 0 Å². The maximum absolute atomic E-state index is 9.66. The summed E-state index contributed by atoms with van der Waals surface area (Å²) in [4.78, 5) is 2.66. The van der Waals surface area contributed by atoms with Gasteiger partial charge in [0.25, 0.3) is 0 Å². The Labute approximate surface area is 118 Å². The van der Waals surface area contributed by atoms with E-state index in [2.05, 4.69) is 31.0 Å². The molecule has 2 bridgehead atoms. The van der Waals surface area contributed by atoms with E-state index in [9.17, 15) is 5.11 Å². The number of aliphatic hydroxyl groups is 1. The second kappa shape index (κ2) is 7.05. The zero-order chi connectivity index (χ0) is 13.8. The van der Waals surface area contributed by atoms with Crippen LogP contribution in [0.5, 0.6) is 0 Å². The van der Waals surface area contributed by atoms with Gasteiger partial charge in [0.05, 0.1) is 6.10 Å². The summed E-state index contributed by atoms with van der Waals surface area (Å²) in [6.07, 6.45) is 5.84. The highest BCUT2D eigenvalue weighted by Crippen LogP contribution is 2.35. The molecule has 3 unspecified atom stereocenters. The van der Waals surface area contributed by atoms with Crippen LogP contribution in [-0.4, -0.2) is 47.8 Å². The predicted molar refractivity (Wildman–Crippen MR) is 80.2 cm³/mol. The van der Waals surface area contributed by atoms with Crippen molar-refractivity contribution in [3.63, 3.8) is 0 Å². The van der Waals surface area contributed by atoms with Crippen LogP contribution in [0.1, 0.15) is 52.9 Å². The van der Waals surface area contributed by atoms with Gasteiger partial charge in [0, 0.05) is 25.2 Å². The number of rotatable bonds is 6. The SMILES string of the molecule is CCC(O)CCNC1C2CCCC1CN(C(C)C)C2. The van der Waals surface area contributed by atoms with Gasteiger partial charge >= 0.3 is 0 Å². The van der Waals surface area contributed by atoms with Gasteiger partial charge in [0.2, 0.25) is 0 Å². The van der Waals surface area contributed by atoms with Crippen LogP contribution in [0.15, 0.2) is 0 Å². The van der Waals surface area contributed by atoms with Gasteiger partial charge in [-0.05, 0) is 57.9 Å². The van der Waals surface area contributed by atoms with Crippen molar-refractivity contribution >= 4 is 0 Å². The lowest BCUT2D eigenvalue weighted by molar-refractivity contribution is 0.0281. The summed E-state index contributed by atoms with van der Waals surface area (Å²) in [7, 11) is 0. The van der Waals surface area contributed by atoms with Crippen molar-refractivity contribution in [2.75, 3.05) is 19.6 Å². The van der Waals surface area contributed by atoms with Crippen LogP contribution in [0.25, 0.3) is 0 Å². The van der Waals surface area contributed by atoms with Crippen molar-refractivity contribution in [1.29, 1.82) is 0 Å². The zero-order valence-electron chi connectivity index (χ0n) is 12.9. The number of hydrogen-bond donors (Lipinski definition) is 2. The minimum absolute atomic E-state index is 0.122. The molecule has 2 aliphatic rings. The second-order valence-corrected chi connectivity index (χ2v) is 6.83. The Hall–Kier alpha value is -0.120. The molecule has 0 radical (unpaired) electrons. The fourth-order valence-corrected chi connectivity index (χ4v) is 3.85. The molecule has 19 heavy (non-hydrogen) atoms. The van der Waals surface area contributed by atoms with Gasteiger partial charge in [-0.1, -0.05) is 13.3 Å². The summed E-state index contributed by atoms with van der Waals surface area (Å²) < 4.78 is 0. The highest BCUT2D eigenvalue weighted by atomic mass is 16.3. The molecule has 0 aromatic heterocycles. The molecule has 2 fully saturated rings. The van der Waals surface area contributed by atoms with E-state index in [1.165, 1.54) is 32.4 Å². The molecular formula is C16H32N2O. The first-order chi connectivity index (χ1) is 9.11. The summed E-state index contributed by atoms with van der Waals surface area (Å²) in [6, 6.07) is 1.39. The van der Waals surface area contributed by atoms with Gasteiger partial charge in [0.1, 0.15) is 0 Å². The standard InChI is InChI=1S/C16H32N2O/c1-4-15(19)8-9-17-16-13-6-5-7-14(16)11-18(10-13)12(2)3/h12-17,19H,4-11H2,1-3H3. The van der Waals surface area contributed by atoms with E-state index in [-0.39, 0.29) is 6.10 Å². The molecule has 2 rings (SSSR count). The molecule has 1 saturated heterocycles. The first kappa shape index (κ1) is 15.3. The fourth-order valence-electron chi connectivity index (χ4n) is 3.85. The summed E-state index contributed by atoms with van der Waals surface area (Å²) in [6.45, 7) is 10.2. The van der Waals surface area contributed by atoms with Crippen molar-refractivity contribution in [2.45, 2.75) is 71.1 Å². The number of nitrogens with zero attached hydrogens (tertiary/aromatic N) is 1. The van der Waals surface area contributed by atoms with Crippen LogP contribution in [0.4, 0.5) is 0 Å². The van der Waals surface area contributed by atoms with Crippen LogP contribution in [0.3, 0.4) is 0 Å². The Bertz CT molecular complexity index is 255. The third-order valence-corrected chi connectivity index (χ3v) is 5.16. The average Bonchev–Trinajstić information content (AvgIpc) is 2.37. The molecule has 0 aromatic rings. The quantitative estimate of drug-likeness (QED) is 0.775. The van der Waals surface area contributed by atoms with Crippen molar-refractivity contribution in [3.8, 4) is 0 Å². The highest BCUT2D eigenvalue weighted by Gasteiger charge is 2.39. The van der Waals surface area contributed by atoms with E-state index in [4.69, 9.17) is 0 Å². The first-order valence-corrected chi connectivity index (χ1v) is 8.27. The van der Waals surface area contributed by atoms with E-state index < -0.39 is 0 Å². The Morgan fingerprint density at radius 2 is 1.84 bits per heavy atom. The Balaban J connectivity index is 1.84. The van der Waals surface area contributed by atoms with Gasteiger partial charge in [-0.25, -0.2) is 0 Å². The van der Waals surface area contributed by atoms with Crippen molar-refractivity contribution in [1.82, 2.24) is 10.2 Å². The molecule has 3 heteroatoms. The largest absolute Gasteiger partial charge is 0.393 e. The topological polar surface area (TPSA) is 35.5 Å². The minimum atomic E-state index is -0.122. The van der Waals surface area contributed by atoms with Gasteiger partial charge in [-0.3, -0.25) is 0 Å². The molecule has 0 amide bonds. The molecule has 3 nitrogen and oxygen atoms in total. The fraction of sp³-hybridized carbons (Fsp3) is 1.00. The summed E-state index contributed by atoms with van der Waals surface area (Å²) in [5.41, 5.74) is 0. The molecule has 1 aliphatic carbocycles. The lowest BCUT2D eigenvalue weighted by Gasteiger charge is -2.49.